The number of halogens is 1. The van der Waals surface area contributed by atoms with E-state index in [1.54, 1.807) is 10.4 Å². The van der Waals surface area contributed by atoms with Gasteiger partial charge in [0.1, 0.15) is 10.6 Å². The van der Waals surface area contributed by atoms with Crippen LogP contribution in [0, 0.1) is 0 Å². The number of ether oxygens (including phenoxy) is 1. The maximum Gasteiger partial charge on any atom is 0.247 e. The third kappa shape index (κ3) is 2.79. The average Bonchev–Trinajstić information content (AvgIpc) is 2.94. The van der Waals surface area contributed by atoms with E-state index in [0.29, 0.717) is 18.9 Å². The SMILES string of the molecule is CC(N)C1CCCCN1S(=O)(=O)c1cc(Br)cc2c1OCC2. The van der Waals surface area contributed by atoms with E-state index in [-0.39, 0.29) is 17.0 Å². The van der Waals surface area contributed by atoms with Gasteiger partial charge in [0.2, 0.25) is 10.0 Å². The summed E-state index contributed by atoms with van der Waals surface area (Å²) in [6, 6.07) is 3.25. The number of sulfonamides is 1. The molecule has 0 amide bonds. The van der Waals surface area contributed by atoms with E-state index < -0.39 is 10.0 Å². The number of rotatable bonds is 3. The van der Waals surface area contributed by atoms with E-state index in [9.17, 15) is 8.42 Å². The van der Waals surface area contributed by atoms with E-state index in [2.05, 4.69) is 15.9 Å². The van der Waals surface area contributed by atoms with Crippen molar-refractivity contribution < 1.29 is 13.2 Å². The second kappa shape index (κ2) is 6.11. The molecule has 2 aliphatic rings. The summed E-state index contributed by atoms with van der Waals surface area (Å²) >= 11 is 3.41. The summed E-state index contributed by atoms with van der Waals surface area (Å²) in [6.07, 6.45) is 3.45. The Balaban J connectivity index is 2.06. The van der Waals surface area contributed by atoms with Gasteiger partial charge in [-0.25, -0.2) is 8.42 Å². The first-order valence-electron chi connectivity index (χ1n) is 7.64. The van der Waals surface area contributed by atoms with Crippen LogP contribution in [0.1, 0.15) is 31.7 Å². The number of nitrogens with two attached hydrogens (primary N) is 1. The minimum absolute atomic E-state index is 0.144. The van der Waals surface area contributed by atoms with Crippen LogP contribution >= 0.6 is 15.9 Å². The van der Waals surface area contributed by atoms with Gasteiger partial charge in [0.05, 0.1) is 6.61 Å². The molecule has 1 saturated heterocycles. The van der Waals surface area contributed by atoms with Crippen molar-refractivity contribution in [1.29, 1.82) is 0 Å². The number of hydrogen-bond acceptors (Lipinski definition) is 4. The Labute approximate surface area is 140 Å². The summed E-state index contributed by atoms with van der Waals surface area (Å²) in [6.45, 7) is 2.93. The summed E-state index contributed by atoms with van der Waals surface area (Å²) in [4.78, 5) is 0.266. The Bertz CT molecular complexity index is 676. The molecular formula is C15H21BrN2O3S. The maximum absolute atomic E-state index is 13.2. The number of piperidine rings is 1. The molecule has 0 aromatic heterocycles. The quantitative estimate of drug-likeness (QED) is 0.861. The van der Waals surface area contributed by atoms with Gasteiger partial charge < -0.3 is 10.5 Å². The highest BCUT2D eigenvalue weighted by molar-refractivity contribution is 9.10. The van der Waals surface area contributed by atoms with Crippen LogP contribution < -0.4 is 10.5 Å². The molecule has 2 aliphatic heterocycles. The van der Waals surface area contributed by atoms with Crippen molar-refractivity contribution in [3.05, 3.63) is 22.2 Å². The Kier molecular flexibility index (Phi) is 4.51. The Morgan fingerprint density at radius 1 is 1.41 bits per heavy atom. The summed E-state index contributed by atoms with van der Waals surface area (Å²) in [5, 5.41) is 0. The highest BCUT2D eigenvalue weighted by Crippen LogP contribution is 2.38. The predicted octanol–water partition coefficient (Wildman–Crippen LogP) is 2.27. The maximum atomic E-state index is 13.2. The molecule has 0 spiro atoms. The van der Waals surface area contributed by atoms with Crippen molar-refractivity contribution in [2.24, 2.45) is 5.73 Å². The molecule has 0 saturated carbocycles. The van der Waals surface area contributed by atoms with Crippen LogP contribution in [0.2, 0.25) is 0 Å². The van der Waals surface area contributed by atoms with E-state index in [0.717, 1.165) is 35.7 Å². The smallest absolute Gasteiger partial charge is 0.247 e. The van der Waals surface area contributed by atoms with E-state index in [1.807, 2.05) is 13.0 Å². The van der Waals surface area contributed by atoms with Crippen LogP contribution in [0.4, 0.5) is 0 Å². The number of benzene rings is 1. The first-order valence-corrected chi connectivity index (χ1v) is 9.87. The molecule has 7 heteroatoms. The van der Waals surface area contributed by atoms with Crippen molar-refractivity contribution in [3.8, 4) is 5.75 Å². The lowest BCUT2D eigenvalue weighted by Crippen LogP contribution is -2.51. The number of fused-ring (bicyclic) bond motifs is 1. The van der Waals surface area contributed by atoms with Crippen molar-refractivity contribution in [2.45, 2.75) is 49.6 Å². The summed E-state index contributed by atoms with van der Waals surface area (Å²) in [5.74, 6) is 0.511. The molecule has 0 aliphatic carbocycles. The molecule has 1 fully saturated rings. The van der Waals surface area contributed by atoms with Crippen molar-refractivity contribution in [3.63, 3.8) is 0 Å². The van der Waals surface area contributed by atoms with E-state index >= 15 is 0 Å². The lowest BCUT2D eigenvalue weighted by molar-refractivity contribution is 0.226. The average molecular weight is 389 g/mol. The van der Waals surface area contributed by atoms with Gasteiger partial charge in [-0.2, -0.15) is 4.31 Å². The van der Waals surface area contributed by atoms with Gasteiger partial charge in [-0.1, -0.05) is 22.4 Å². The van der Waals surface area contributed by atoms with Gasteiger partial charge in [0, 0.05) is 35.1 Å². The van der Waals surface area contributed by atoms with Gasteiger partial charge in [-0.3, -0.25) is 0 Å². The topological polar surface area (TPSA) is 72.6 Å². The fourth-order valence-corrected chi connectivity index (χ4v) is 5.94. The highest BCUT2D eigenvalue weighted by Gasteiger charge is 2.38. The molecule has 3 rings (SSSR count). The Hall–Kier alpha value is -0.630. The molecule has 2 unspecified atom stereocenters. The molecule has 1 aromatic rings. The zero-order valence-electron chi connectivity index (χ0n) is 12.6. The normalized spacial score (nSPS) is 23.9. The van der Waals surface area contributed by atoms with Crippen LogP contribution in [0.25, 0.3) is 0 Å². The monoisotopic (exact) mass is 388 g/mol. The van der Waals surface area contributed by atoms with Crippen molar-refractivity contribution in [2.75, 3.05) is 13.2 Å². The standard InChI is InChI=1S/C15H21BrN2O3S/c1-10(17)13-4-2-3-6-18(13)22(19,20)14-9-12(16)8-11-5-7-21-15(11)14/h8-10,13H,2-7,17H2,1H3. The Morgan fingerprint density at radius 2 is 2.18 bits per heavy atom. The zero-order valence-corrected chi connectivity index (χ0v) is 15.0. The van der Waals surface area contributed by atoms with Crippen LogP contribution in [-0.4, -0.2) is 38.0 Å². The summed E-state index contributed by atoms with van der Waals surface area (Å²) < 4.78 is 34.3. The van der Waals surface area contributed by atoms with Gasteiger partial charge in [0.25, 0.3) is 0 Å². The molecule has 1 aromatic carbocycles. The lowest BCUT2D eigenvalue weighted by Gasteiger charge is -2.37. The van der Waals surface area contributed by atoms with Gasteiger partial charge in [-0.05, 0) is 31.9 Å². The first kappa shape index (κ1) is 16.2. The third-order valence-electron chi connectivity index (χ3n) is 4.41. The zero-order chi connectivity index (χ0) is 15.9. The number of nitrogens with zero attached hydrogens (tertiary/aromatic N) is 1. The minimum Gasteiger partial charge on any atom is -0.492 e. The molecule has 2 atom stereocenters. The molecule has 2 heterocycles. The first-order chi connectivity index (χ1) is 10.4. The molecule has 0 bridgehead atoms. The lowest BCUT2D eigenvalue weighted by atomic mass is 10.00. The second-order valence-electron chi connectivity index (χ2n) is 6.03. The molecular weight excluding hydrogens is 368 g/mol. The molecule has 0 radical (unpaired) electrons. The molecule has 2 N–H and O–H groups in total. The highest BCUT2D eigenvalue weighted by atomic mass is 79.9. The summed E-state index contributed by atoms with van der Waals surface area (Å²) in [5.41, 5.74) is 6.97. The number of hydrogen-bond donors (Lipinski definition) is 1. The van der Waals surface area contributed by atoms with E-state index in [1.165, 1.54) is 0 Å². The largest absolute Gasteiger partial charge is 0.492 e. The van der Waals surface area contributed by atoms with E-state index in [4.69, 9.17) is 10.5 Å². The second-order valence-corrected chi connectivity index (χ2v) is 8.80. The Morgan fingerprint density at radius 3 is 2.91 bits per heavy atom. The molecule has 122 valence electrons. The molecule has 22 heavy (non-hydrogen) atoms. The van der Waals surface area contributed by atoms with Crippen molar-refractivity contribution in [1.82, 2.24) is 4.31 Å². The molecule has 5 nitrogen and oxygen atoms in total. The van der Waals surface area contributed by atoms with Crippen LogP contribution in [0.15, 0.2) is 21.5 Å². The third-order valence-corrected chi connectivity index (χ3v) is 6.79. The predicted molar refractivity (Wildman–Crippen MR) is 88.5 cm³/mol. The van der Waals surface area contributed by atoms with Gasteiger partial charge >= 0.3 is 0 Å². The fraction of sp³-hybridized carbons (Fsp3) is 0.600. The van der Waals surface area contributed by atoms with Crippen LogP contribution in [0.3, 0.4) is 0 Å². The fourth-order valence-electron chi connectivity index (χ4n) is 3.31. The van der Waals surface area contributed by atoms with Gasteiger partial charge in [-0.15, -0.1) is 0 Å². The summed E-state index contributed by atoms with van der Waals surface area (Å²) in [7, 11) is -3.61. The minimum atomic E-state index is -3.61. The van der Waals surface area contributed by atoms with Gasteiger partial charge in [0.15, 0.2) is 0 Å². The van der Waals surface area contributed by atoms with Crippen LogP contribution in [-0.2, 0) is 16.4 Å². The van der Waals surface area contributed by atoms with Crippen LogP contribution in [0.5, 0.6) is 5.75 Å². The van der Waals surface area contributed by atoms with Crippen molar-refractivity contribution >= 4 is 26.0 Å².